The molecule has 0 spiro atoms. The van der Waals surface area contributed by atoms with Gasteiger partial charge in [-0.05, 0) is 48.7 Å². The molecule has 0 unspecified atom stereocenters. The van der Waals surface area contributed by atoms with Gasteiger partial charge in [-0.25, -0.2) is 0 Å². The fourth-order valence-electron chi connectivity index (χ4n) is 4.37. The van der Waals surface area contributed by atoms with Gasteiger partial charge in [-0.1, -0.05) is 13.8 Å². The van der Waals surface area contributed by atoms with Crippen molar-refractivity contribution in [2.45, 2.75) is 33.2 Å². The van der Waals surface area contributed by atoms with E-state index in [2.05, 4.69) is 68.5 Å². The van der Waals surface area contributed by atoms with E-state index in [-0.39, 0.29) is 0 Å². The summed E-state index contributed by atoms with van der Waals surface area (Å²) < 4.78 is 6.03. The summed E-state index contributed by atoms with van der Waals surface area (Å²) in [5, 5.41) is 13.2. The highest BCUT2D eigenvalue weighted by Crippen LogP contribution is 2.37. The van der Waals surface area contributed by atoms with Crippen LogP contribution in [0.25, 0.3) is 33.6 Å². The molecular formula is C24H28N6O. The molecule has 160 valence electrons. The Kier molecular flexibility index (Phi) is 5.29. The van der Waals surface area contributed by atoms with E-state index in [1.807, 2.05) is 19.2 Å². The van der Waals surface area contributed by atoms with E-state index in [9.17, 15) is 0 Å². The van der Waals surface area contributed by atoms with E-state index in [0.717, 1.165) is 54.2 Å². The normalized spacial score (nSPS) is 15.2. The molecule has 4 heterocycles. The van der Waals surface area contributed by atoms with Crippen LogP contribution >= 0.6 is 0 Å². The van der Waals surface area contributed by atoms with Gasteiger partial charge in [0.15, 0.2) is 0 Å². The topological polar surface area (TPSA) is 82.9 Å². The SMILES string of the molecule is Cc1cc(-c2[nH]c3ccc(-c4nnc(CN5CCNCC5)o4)cc3c2C(C)C)ccn1. The second-order valence-corrected chi connectivity index (χ2v) is 8.54. The van der Waals surface area contributed by atoms with Crippen molar-refractivity contribution in [3.05, 3.63) is 53.7 Å². The van der Waals surface area contributed by atoms with Crippen LogP contribution in [0.4, 0.5) is 0 Å². The lowest BCUT2D eigenvalue weighted by molar-refractivity contribution is 0.213. The van der Waals surface area contributed by atoms with Crippen LogP contribution in [0, 0.1) is 6.92 Å². The Balaban J connectivity index is 1.50. The van der Waals surface area contributed by atoms with E-state index in [0.29, 0.717) is 24.2 Å². The van der Waals surface area contributed by atoms with Crippen LogP contribution in [0.1, 0.15) is 36.9 Å². The standard InChI is InChI=1S/C24H28N6O/c1-15(2)22-19-13-18(24-29-28-21(31-24)14-30-10-8-25-9-11-30)4-5-20(19)27-23(22)17-6-7-26-16(3)12-17/h4-7,12-13,15,25,27H,8-11,14H2,1-3H3. The van der Waals surface area contributed by atoms with Crippen LogP contribution in [-0.2, 0) is 6.54 Å². The first kappa shape index (κ1) is 19.9. The number of rotatable bonds is 5. The van der Waals surface area contributed by atoms with Crippen LogP contribution in [0.3, 0.4) is 0 Å². The van der Waals surface area contributed by atoms with Crippen molar-refractivity contribution in [1.82, 2.24) is 30.4 Å². The van der Waals surface area contributed by atoms with Gasteiger partial charge in [-0.15, -0.1) is 10.2 Å². The third kappa shape index (κ3) is 3.98. The third-order valence-corrected chi connectivity index (χ3v) is 5.88. The average Bonchev–Trinajstić information content (AvgIpc) is 3.38. The highest BCUT2D eigenvalue weighted by atomic mass is 16.4. The second kappa shape index (κ2) is 8.24. The van der Waals surface area contributed by atoms with Crippen LogP contribution < -0.4 is 5.32 Å². The van der Waals surface area contributed by atoms with Gasteiger partial charge in [0.2, 0.25) is 11.8 Å². The van der Waals surface area contributed by atoms with Crippen molar-refractivity contribution in [2.75, 3.05) is 26.2 Å². The third-order valence-electron chi connectivity index (χ3n) is 5.88. The Morgan fingerprint density at radius 2 is 1.90 bits per heavy atom. The van der Waals surface area contributed by atoms with E-state index >= 15 is 0 Å². The maximum atomic E-state index is 6.03. The van der Waals surface area contributed by atoms with Crippen LogP contribution in [0.5, 0.6) is 0 Å². The minimum atomic E-state index is 0.360. The molecule has 0 atom stereocenters. The first-order valence-corrected chi connectivity index (χ1v) is 10.9. The second-order valence-electron chi connectivity index (χ2n) is 8.54. The fraction of sp³-hybridized carbons (Fsp3) is 0.375. The van der Waals surface area contributed by atoms with Crippen LogP contribution in [0.2, 0.25) is 0 Å². The molecule has 0 radical (unpaired) electrons. The molecule has 7 nitrogen and oxygen atoms in total. The molecule has 31 heavy (non-hydrogen) atoms. The number of H-pyrrole nitrogens is 1. The largest absolute Gasteiger partial charge is 0.419 e. The Labute approximate surface area is 181 Å². The van der Waals surface area contributed by atoms with Gasteiger partial charge in [0.1, 0.15) is 0 Å². The summed E-state index contributed by atoms with van der Waals surface area (Å²) in [7, 11) is 0. The van der Waals surface area contributed by atoms with Gasteiger partial charge in [-0.2, -0.15) is 0 Å². The van der Waals surface area contributed by atoms with Crippen molar-refractivity contribution in [3.63, 3.8) is 0 Å². The predicted octanol–water partition coefficient (Wildman–Crippen LogP) is 4.12. The van der Waals surface area contributed by atoms with E-state index in [1.54, 1.807) is 0 Å². The predicted molar refractivity (Wildman–Crippen MR) is 122 cm³/mol. The Hall–Kier alpha value is -3.03. The number of benzene rings is 1. The lowest BCUT2D eigenvalue weighted by Crippen LogP contribution is -2.42. The monoisotopic (exact) mass is 416 g/mol. The molecule has 7 heteroatoms. The highest BCUT2D eigenvalue weighted by Gasteiger charge is 2.19. The minimum Gasteiger partial charge on any atom is -0.419 e. The summed E-state index contributed by atoms with van der Waals surface area (Å²) in [6, 6.07) is 10.5. The lowest BCUT2D eigenvalue weighted by atomic mass is 9.95. The number of aromatic nitrogens is 4. The Morgan fingerprint density at radius 3 is 2.68 bits per heavy atom. The zero-order valence-corrected chi connectivity index (χ0v) is 18.3. The van der Waals surface area contributed by atoms with Gasteiger partial charge in [0.25, 0.3) is 0 Å². The van der Waals surface area contributed by atoms with E-state index in [1.165, 1.54) is 10.9 Å². The Bertz CT molecular complexity index is 1200. The molecule has 1 aromatic carbocycles. The van der Waals surface area contributed by atoms with Crippen molar-refractivity contribution >= 4 is 10.9 Å². The minimum absolute atomic E-state index is 0.360. The molecule has 0 bridgehead atoms. The van der Waals surface area contributed by atoms with E-state index < -0.39 is 0 Å². The van der Waals surface area contributed by atoms with E-state index in [4.69, 9.17) is 4.42 Å². The molecule has 5 rings (SSSR count). The van der Waals surface area contributed by atoms with Crippen molar-refractivity contribution < 1.29 is 4.42 Å². The zero-order chi connectivity index (χ0) is 21.4. The number of piperazine rings is 1. The number of nitrogens with one attached hydrogen (secondary N) is 2. The van der Waals surface area contributed by atoms with Crippen molar-refractivity contribution in [1.29, 1.82) is 0 Å². The quantitative estimate of drug-likeness (QED) is 0.509. The number of aryl methyl sites for hydroxylation is 1. The first-order chi connectivity index (χ1) is 15.1. The summed E-state index contributed by atoms with van der Waals surface area (Å²) >= 11 is 0. The lowest BCUT2D eigenvalue weighted by Gasteiger charge is -2.25. The molecule has 1 aliphatic rings. The average molecular weight is 417 g/mol. The summed E-state index contributed by atoms with van der Waals surface area (Å²) in [6.45, 7) is 11.2. The molecule has 1 aliphatic heterocycles. The molecule has 4 aromatic rings. The molecule has 0 saturated carbocycles. The summed E-state index contributed by atoms with van der Waals surface area (Å²) in [5.41, 5.74) is 6.67. The highest BCUT2D eigenvalue weighted by molar-refractivity contribution is 5.93. The number of pyridine rings is 1. The summed E-state index contributed by atoms with van der Waals surface area (Å²) in [6.07, 6.45) is 1.87. The molecule has 0 amide bonds. The molecular weight excluding hydrogens is 388 g/mol. The zero-order valence-electron chi connectivity index (χ0n) is 18.3. The molecule has 2 N–H and O–H groups in total. The molecule has 1 saturated heterocycles. The van der Waals surface area contributed by atoms with Gasteiger partial charge < -0.3 is 14.7 Å². The molecule has 1 fully saturated rings. The molecule has 0 aliphatic carbocycles. The molecule has 3 aromatic heterocycles. The first-order valence-electron chi connectivity index (χ1n) is 10.9. The van der Waals surface area contributed by atoms with Gasteiger partial charge in [0, 0.05) is 60.1 Å². The van der Waals surface area contributed by atoms with Crippen molar-refractivity contribution in [3.8, 4) is 22.7 Å². The maximum absolute atomic E-state index is 6.03. The summed E-state index contributed by atoms with van der Waals surface area (Å²) in [4.78, 5) is 10.3. The number of aromatic amines is 1. The number of hydrogen-bond acceptors (Lipinski definition) is 6. The van der Waals surface area contributed by atoms with Crippen LogP contribution in [-0.4, -0.2) is 51.2 Å². The van der Waals surface area contributed by atoms with Gasteiger partial charge in [0.05, 0.1) is 12.2 Å². The van der Waals surface area contributed by atoms with Crippen LogP contribution in [0.15, 0.2) is 40.9 Å². The number of fused-ring (bicyclic) bond motifs is 1. The Morgan fingerprint density at radius 1 is 1.06 bits per heavy atom. The maximum Gasteiger partial charge on any atom is 0.247 e. The number of hydrogen-bond donors (Lipinski definition) is 2. The smallest absolute Gasteiger partial charge is 0.247 e. The van der Waals surface area contributed by atoms with Crippen molar-refractivity contribution in [2.24, 2.45) is 0 Å². The number of nitrogens with zero attached hydrogens (tertiary/aromatic N) is 4. The van der Waals surface area contributed by atoms with Gasteiger partial charge in [-0.3, -0.25) is 9.88 Å². The van der Waals surface area contributed by atoms with Gasteiger partial charge >= 0.3 is 0 Å². The fourth-order valence-corrected chi connectivity index (χ4v) is 4.37. The summed E-state index contributed by atoms with van der Waals surface area (Å²) in [5.74, 6) is 1.60.